The summed E-state index contributed by atoms with van der Waals surface area (Å²) in [6.07, 6.45) is 5.67. The Balaban J connectivity index is 1.51. The maximum absolute atomic E-state index is 12.4. The zero-order valence-corrected chi connectivity index (χ0v) is 14.9. The van der Waals surface area contributed by atoms with Gasteiger partial charge >= 0.3 is 0 Å². The third kappa shape index (κ3) is 5.50. The lowest BCUT2D eigenvalue weighted by molar-refractivity contribution is -0.125. The van der Waals surface area contributed by atoms with Gasteiger partial charge in [-0.05, 0) is 37.2 Å². The highest BCUT2D eigenvalue weighted by molar-refractivity contribution is 5.78. The minimum atomic E-state index is -0.242. The zero-order chi connectivity index (χ0) is 18.2. The number of carbonyl (C=O) groups excluding carboxylic acids is 1. The van der Waals surface area contributed by atoms with Crippen LogP contribution in [0.25, 0.3) is 0 Å². The fourth-order valence-electron chi connectivity index (χ4n) is 2.92. The van der Waals surface area contributed by atoms with E-state index >= 15 is 0 Å². The highest BCUT2D eigenvalue weighted by atomic mass is 16.5. The fraction of sp³-hybridized carbons (Fsp3) is 0.421. The summed E-state index contributed by atoms with van der Waals surface area (Å²) in [6.45, 7) is 2.06. The molecule has 0 saturated carbocycles. The van der Waals surface area contributed by atoms with Crippen molar-refractivity contribution in [1.29, 1.82) is 0 Å². The first kappa shape index (κ1) is 18.3. The van der Waals surface area contributed by atoms with Crippen molar-refractivity contribution in [2.75, 3.05) is 26.8 Å². The zero-order valence-electron chi connectivity index (χ0n) is 14.9. The van der Waals surface area contributed by atoms with E-state index in [0.717, 1.165) is 12.0 Å². The smallest absolute Gasteiger partial charge is 0.234 e. The number of likely N-dealkylation sites (N-methyl/N-ethyl adjacent to an activating group) is 1. The van der Waals surface area contributed by atoms with Gasteiger partial charge in [0.25, 0.3) is 0 Å². The van der Waals surface area contributed by atoms with Gasteiger partial charge in [0.15, 0.2) is 0 Å². The van der Waals surface area contributed by atoms with Crippen LogP contribution in [0.3, 0.4) is 0 Å². The summed E-state index contributed by atoms with van der Waals surface area (Å²) in [7, 11) is 1.92. The molecule has 1 fully saturated rings. The van der Waals surface area contributed by atoms with Crippen LogP contribution in [0.5, 0.6) is 5.88 Å². The van der Waals surface area contributed by atoms with Crippen molar-refractivity contribution >= 4 is 5.91 Å². The summed E-state index contributed by atoms with van der Waals surface area (Å²) < 4.78 is 11.4. The molecule has 0 spiro atoms. The van der Waals surface area contributed by atoms with Crippen LogP contribution < -0.4 is 10.1 Å². The Bertz CT molecular complexity index is 684. The lowest BCUT2D eigenvalue weighted by atomic mass is 10.1. The molecule has 1 aliphatic heterocycles. The number of hydrogen-bond donors (Lipinski definition) is 1. The molecule has 1 N–H and O–H groups in total. The molecule has 26 heavy (non-hydrogen) atoms. The first-order valence-corrected chi connectivity index (χ1v) is 8.73. The van der Waals surface area contributed by atoms with Gasteiger partial charge in [-0.1, -0.05) is 6.07 Å². The van der Waals surface area contributed by atoms with E-state index in [1.165, 1.54) is 0 Å². The number of hydrogen-bond acceptors (Lipinski definition) is 6. The van der Waals surface area contributed by atoms with Gasteiger partial charge in [0.05, 0.1) is 19.2 Å². The second kappa shape index (κ2) is 9.26. The van der Waals surface area contributed by atoms with Crippen molar-refractivity contribution in [2.24, 2.45) is 0 Å². The van der Waals surface area contributed by atoms with E-state index in [-0.39, 0.29) is 18.1 Å². The minimum Gasteiger partial charge on any atom is -0.470 e. The van der Waals surface area contributed by atoms with E-state index in [4.69, 9.17) is 9.47 Å². The normalized spacial score (nSPS) is 19.9. The lowest BCUT2D eigenvalue weighted by Gasteiger charge is -2.32. The predicted octanol–water partition coefficient (Wildman–Crippen LogP) is 1.26. The number of rotatable bonds is 7. The molecule has 138 valence electrons. The summed E-state index contributed by atoms with van der Waals surface area (Å²) in [4.78, 5) is 22.6. The van der Waals surface area contributed by atoms with Gasteiger partial charge in [0.1, 0.15) is 6.10 Å². The largest absolute Gasteiger partial charge is 0.470 e. The molecule has 3 heterocycles. The van der Waals surface area contributed by atoms with Gasteiger partial charge in [-0.2, -0.15) is 0 Å². The van der Waals surface area contributed by atoms with E-state index in [9.17, 15) is 4.79 Å². The molecule has 7 heteroatoms. The van der Waals surface area contributed by atoms with E-state index < -0.39 is 0 Å². The maximum Gasteiger partial charge on any atom is 0.234 e. The van der Waals surface area contributed by atoms with Gasteiger partial charge < -0.3 is 14.8 Å². The average molecular weight is 356 g/mol. The molecule has 0 bridgehead atoms. The Kier molecular flexibility index (Phi) is 6.51. The second-order valence-corrected chi connectivity index (χ2v) is 6.39. The summed E-state index contributed by atoms with van der Waals surface area (Å²) >= 11 is 0. The summed E-state index contributed by atoms with van der Waals surface area (Å²) in [5.74, 6) is 0.514. The van der Waals surface area contributed by atoms with Gasteiger partial charge in [-0.25, -0.2) is 4.98 Å². The van der Waals surface area contributed by atoms with Crippen LogP contribution in [-0.4, -0.2) is 59.7 Å². The molecule has 2 aromatic rings. The molecule has 2 aromatic heterocycles. The third-order valence-electron chi connectivity index (χ3n) is 4.18. The highest BCUT2D eigenvalue weighted by Crippen LogP contribution is 2.15. The van der Waals surface area contributed by atoms with Crippen LogP contribution in [-0.2, 0) is 16.1 Å². The van der Waals surface area contributed by atoms with E-state index in [1.807, 2.05) is 36.2 Å². The molecule has 0 aromatic carbocycles. The van der Waals surface area contributed by atoms with Gasteiger partial charge in [0.2, 0.25) is 11.8 Å². The number of pyridine rings is 2. The Morgan fingerprint density at radius 2 is 2.15 bits per heavy atom. The summed E-state index contributed by atoms with van der Waals surface area (Å²) in [6, 6.07) is 9.31. The van der Waals surface area contributed by atoms with Crippen LogP contribution in [0, 0.1) is 0 Å². The van der Waals surface area contributed by atoms with Crippen LogP contribution in [0.15, 0.2) is 48.9 Å². The van der Waals surface area contributed by atoms with E-state index in [0.29, 0.717) is 32.2 Å². The van der Waals surface area contributed by atoms with Crippen molar-refractivity contribution in [2.45, 2.75) is 25.1 Å². The van der Waals surface area contributed by atoms with Crippen molar-refractivity contribution in [1.82, 2.24) is 20.2 Å². The molecule has 1 amide bonds. The Morgan fingerprint density at radius 3 is 2.92 bits per heavy atom. The van der Waals surface area contributed by atoms with Gasteiger partial charge in [0, 0.05) is 37.8 Å². The maximum atomic E-state index is 12.4. The number of amides is 1. The number of nitrogens with zero attached hydrogens (tertiary/aromatic N) is 3. The molecule has 2 atom stereocenters. The number of ether oxygens (including phenoxy) is 2. The minimum absolute atomic E-state index is 0.0249. The molecule has 0 aliphatic carbocycles. The first-order valence-electron chi connectivity index (χ1n) is 8.73. The Hall–Kier alpha value is -2.51. The standard InChI is InChI=1S/C19H24N4O3/c1-23(12-15-5-9-20-10-6-15)13-18(24)22-16-7-11-25-14-17(16)26-19-4-2-3-8-21-19/h2-6,8-10,16-17H,7,11-14H2,1H3,(H,22,24)/t16-,17-/m1/s1. The quantitative estimate of drug-likeness (QED) is 0.805. The van der Waals surface area contributed by atoms with Crippen molar-refractivity contribution in [3.05, 3.63) is 54.5 Å². The molecule has 7 nitrogen and oxygen atoms in total. The molecule has 0 radical (unpaired) electrons. The Morgan fingerprint density at radius 1 is 1.31 bits per heavy atom. The van der Waals surface area contributed by atoms with Crippen LogP contribution in [0.4, 0.5) is 0 Å². The SMILES string of the molecule is CN(CC(=O)N[C@@H]1CCOC[C@H]1Oc1ccccn1)Cc1ccncc1. The van der Waals surface area contributed by atoms with Gasteiger partial charge in [-0.15, -0.1) is 0 Å². The predicted molar refractivity (Wildman–Crippen MR) is 96.6 cm³/mol. The van der Waals surface area contributed by atoms with Crippen LogP contribution >= 0.6 is 0 Å². The number of aromatic nitrogens is 2. The van der Waals surface area contributed by atoms with E-state index in [2.05, 4.69) is 15.3 Å². The third-order valence-corrected chi connectivity index (χ3v) is 4.18. The lowest BCUT2D eigenvalue weighted by Crippen LogP contribution is -2.53. The molecular formula is C19H24N4O3. The van der Waals surface area contributed by atoms with Crippen molar-refractivity contribution in [3.63, 3.8) is 0 Å². The molecule has 1 saturated heterocycles. The topological polar surface area (TPSA) is 76.6 Å². The monoisotopic (exact) mass is 356 g/mol. The fourth-order valence-corrected chi connectivity index (χ4v) is 2.92. The summed E-state index contributed by atoms with van der Waals surface area (Å²) in [5, 5.41) is 3.08. The second-order valence-electron chi connectivity index (χ2n) is 6.39. The van der Waals surface area contributed by atoms with Crippen molar-refractivity contribution in [3.8, 4) is 5.88 Å². The number of nitrogens with one attached hydrogen (secondary N) is 1. The molecule has 3 rings (SSSR count). The van der Waals surface area contributed by atoms with Gasteiger partial charge in [-0.3, -0.25) is 14.7 Å². The van der Waals surface area contributed by atoms with Crippen LogP contribution in [0.1, 0.15) is 12.0 Å². The molecule has 1 aliphatic rings. The van der Waals surface area contributed by atoms with Crippen LogP contribution in [0.2, 0.25) is 0 Å². The first-order chi connectivity index (χ1) is 12.7. The number of carbonyl (C=O) groups is 1. The average Bonchev–Trinajstić information content (AvgIpc) is 2.65. The Labute approximate surface area is 153 Å². The van der Waals surface area contributed by atoms with E-state index in [1.54, 1.807) is 24.7 Å². The van der Waals surface area contributed by atoms with Crippen molar-refractivity contribution < 1.29 is 14.3 Å². The molecular weight excluding hydrogens is 332 g/mol. The molecule has 0 unspecified atom stereocenters. The summed E-state index contributed by atoms with van der Waals surface area (Å²) in [5.41, 5.74) is 1.12. The highest BCUT2D eigenvalue weighted by Gasteiger charge is 2.29.